The predicted octanol–water partition coefficient (Wildman–Crippen LogP) is 6.07. The molecule has 0 heterocycles. The third kappa shape index (κ3) is 5.49. The summed E-state index contributed by atoms with van der Waals surface area (Å²) in [5.74, 6) is 2.71. The fourth-order valence-corrected chi connectivity index (χ4v) is 7.44. The summed E-state index contributed by atoms with van der Waals surface area (Å²) >= 11 is 1.61. The molecule has 6 nitrogen and oxygen atoms in total. The molecule has 2 saturated carbocycles. The molecule has 0 aliphatic heterocycles. The van der Waals surface area contributed by atoms with Crippen LogP contribution in [0.1, 0.15) is 68.1 Å². The SMILES string of the molecule is CSCCC(NC(=O)OCc1ccccc1)C(=O)Oc1ccc2c(c1)CCC1C2CC[C@]2(C)C(=O)CCC12. The summed E-state index contributed by atoms with van der Waals surface area (Å²) in [5, 5.41) is 2.69. The van der Waals surface area contributed by atoms with Gasteiger partial charge in [-0.05, 0) is 97.1 Å². The average Bonchev–Trinajstić information content (AvgIpc) is 3.24. The number of nitrogens with one attached hydrogen (secondary N) is 1. The molecule has 38 heavy (non-hydrogen) atoms. The second-order valence-electron chi connectivity index (χ2n) is 11.2. The van der Waals surface area contributed by atoms with Gasteiger partial charge in [-0.3, -0.25) is 4.79 Å². The van der Waals surface area contributed by atoms with E-state index in [1.807, 2.05) is 48.7 Å². The van der Waals surface area contributed by atoms with Gasteiger partial charge in [0.2, 0.25) is 0 Å². The van der Waals surface area contributed by atoms with Crippen LogP contribution < -0.4 is 10.1 Å². The molecule has 0 bridgehead atoms. The second kappa shape index (κ2) is 11.5. The van der Waals surface area contributed by atoms with Crippen molar-refractivity contribution in [3.63, 3.8) is 0 Å². The Labute approximate surface area is 229 Å². The number of carbonyl (C=O) groups excluding carboxylic acids is 3. The van der Waals surface area contributed by atoms with Crippen molar-refractivity contribution < 1.29 is 23.9 Å². The monoisotopic (exact) mass is 535 g/mol. The minimum Gasteiger partial charge on any atom is -0.445 e. The lowest BCUT2D eigenvalue weighted by Crippen LogP contribution is -2.43. The molecule has 202 valence electrons. The van der Waals surface area contributed by atoms with E-state index in [9.17, 15) is 14.4 Å². The first-order chi connectivity index (χ1) is 18.4. The van der Waals surface area contributed by atoms with Crippen molar-refractivity contribution in [3.05, 3.63) is 65.2 Å². The van der Waals surface area contributed by atoms with Crippen LogP contribution in [0, 0.1) is 17.3 Å². The molecular formula is C31H37NO5S. The Morgan fingerprint density at radius 1 is 1.11 bits per heavy atom. The molecular weight excluding hydrogens is 498 g/mol. The van der Waals surface area contributed by atoms with Gasteiger partial charge in [-0.2, -0.15) is 11.8 Å². The number of aryl methyl sites for hydroxylation is 1. The van der Waals surface area contributed by atoms with E-state index in [4.69, 9.17) is 9.47 Å². The van der Waals surface area contributed by atoms with Gasteiger partial charge < -0.3 is 14.8 Å². The summed E-state index contributed by atoms with van der Waals surface area (Å²) in [6.45, 7) is 2.33. The van der Waals surface area contributed by atoms with Crippen molar-refractivity contribution in [1.82, 2.24) is 5.32 Å². The molecule has 2 aromatic carbocycles. The van der Waals surface area contributed by atoms with Gasteiger partial charge in [0, 0.05) is 11.8 Å². The number of esters is 1. The van der Waals surface area contributed by atoms with E-state index in [0.717, 1.165) is 44.1 Å². The Morgan fingerprint density at radius 2 is 1.92 bits per heavy atom. The van der Waals surface area contributed by atoms with Crippen LogP contribution >= 0.6 is 11.8 Å². The number of alkyl carbamates (subject to hydrolysis) is 1. The number of fused-ring (bicyclic) bond motifs is 5. The van der Waals surface area contributed by atoms with Gasteiger partial charge in [-0.15, -0.1) is 0 Å². The first-order valence-electron chi connectivity index (χ1n) is 13.7. The molecule has 3 aliphatic rings. The quantitative estimate of drug-likeness (QED) is 0.327. The summed E-state index contributed by atoms with van der Waals surface area (Å²) < 4.78 is 11.1. The maximum absolute atomic E-state index is 13.1. The minimum atomic E-state index is -0.790. The van der Waals surface area contributed by atoms with Gasteiger partial charge in [-0.25, -0.2) is 9.59 Å². The molecule has 4 unspecified atom stereocenters. The zero-order valence-electron chi connectivity index (χ0n) is 22.2. The van der Waals surface area contributed by atoms with Crippen LogP contribution in [-0.2, 0) is 27.4 Å². The summed E-state index contributed by atoms with van der Waals surface area (Å²) in [6.07, 6.45) is 7.56. The molecule has 5 atom stereocenters. The Balaban J connectivity index is 1.22. The van der Waals surface area contributed by atoms with Crippen LogP contribution in [-0.4, -0.2) is 35.9 Å². The summed E-state index contributed by atoms with van der Waals surface area (Å²) in [7, 11) is 0. The smallest absolute Gasteiger partial charge is 0.408 e. The summed E-state index contributed by atoms with van der Waals surface area (Å²) in [6, 6.07) is 14.6. The van der Waals surface area contributed by atoms with Crippen LogP contribution in [0.15, 0.2) is 48.5 Å². The molecule has 2 fully saturated rings. The highest BCUT2D eigenvalue weighted by Crippen LogP contribution is 2.59. The van der Waals surface area contributed by atoms with Crippen LogP contribution in [0.5, 0.6) is 5.75 Å². The largest absolute Gasteiger partial charge is 0.445 e. The topological polar surface area (TPSA) is 81.7 Å². The highest BCUT2D eigenvalue weighted by molar-refractivity contribution is 7.98. The van der Waals surface area contributed by atoms with Crippen molar-refractivity contribution in [2.45, 2.75) is 70.4 Å². The zero-order valence-corrected chi connectivity index (χ0v) is 23.1. The molecule has 7 heteroatoms. The van der Waals surface area contributed by atoms with Crippen LogP contribution in [0.4, 0.5) is 4.79 Å². The molecule has 0 radical (unpaired) electrons. The fourth-order valence-electron chi connectivity index (χ4n) is 6.97. The van der Waals surface area contributed by atoms with Crippen molar-refractivity contribution in [2.75, 3.05) is 12.0 Å². The molecule has 1 amide bonds. The Kier molecular flexibility index (Phi) is 8.12. The fraction of sp³-hybridized carbons (Fsp3) is 0.516. The van der Waals surface area contributed by atoms with Gasteiger partial charge >= 0.3 is 12.1 Å². The molecule has 2 aromatic rings. The van der Waals surface area contributed by atoms with E-state index in [2.05, 4.69) is 18.3 Å². The Morgan fingerprint density at radius 3 is 2.71 bits per heavy atom. The standard InChI is InChI=1S/C31H37NO5S/c1-31-16-14-24-23-11-9-22(18-21(23)8-10-25(24)26(31)12-13-28(31)33)37-29(34)27(15-17-38-2)32-30(35)36-19-20-6-4-3-5-7-20/h3-7,9,11,18,24-27H,8,10,12-17,19H2,1-2H3,(H,32,35)/t24?,25?,26?,27?,31-/m0/s1. The van der Waals surface area contributed by atoms with E-state index in [0.29, 0.717) is 41.5 Å². The maximum atomic E-state index is 13.1. The molecule has 0 saturated heterocycles. The summed E-state index contributed by atoms with van der Waals surface area (Å²) in [5.41, 5.74) is 3.34. The predicted molar refractivity (Wildman–Crippen MR) is 148 cm³/mol. The number of ether oxygens (including phenoxy) is 2. The maximum Gasteiger partial charge on any atom is 0.408 e. The van der Waals surface area contributed by atoms with Gasteiger partial charge in [0.25, 0.3) is 0 Å². The summed E-state index contributed by atoms with van der Waals surface area (Å²) in [4.78, 5) is 38.1. The van der Waals surface area contributed by atoms with Gasteiger partial charge in [-0.1, -0.05) is 43.3 Å². The molecule has 3 aliphatic carbocycles. The van der Waals surface area contributed by atoms with E-state index in [-0.39, 0.29) is 12.0 Å². The molecule has 0 aromatic heterocycles. The number of benzene rings is 2. The first-order valence-corrected chi connectivity index (χ1v) is 15.1. The number of Topliss-reactive ketones (excluding diaryl/α,β-unsaturated/α-hetero) is 1. The molecule has 0 spiro atoms. The van der Waals surface area contributed by atoms with Gasteiger partial charge in [0.05, 0.1) is 0 Å². The van der Waals surface area contributed by atoms with Crippen LogP contribution in [0.3, 0.4) is 0 Å². The Bertz CT molecular complexity index is 1180. The third-order valence-corrected chi connectivity index (χ3v) is 9.67. The van der Waals surface area contributed by atoms with E-state index >= 15 is 0 Å². The van der Waals surface area contributed by atoms with E-state index in [1.54, 1.807) is 11.8 Å². The van der Waals surface area contributed by atoms with E-state index < -0.39 is 18.1 Å². The van der Waals surface area contributed by atoms with Crippen LogP contribution in [0.25, 0.3) is 0 Å². The lowest BCUT2D eigenvalue weighted by Gasteiger charge is -2.48. The minimum absolute atomic E-state index is 0.130. The second-order valence-corrected chi connectivity index (χ2v) is 12.1. The number of ketones is 1. The number of carbonyl (C=O) groups is 3. The Hall–Kier alpha value is -2.80. The van der Waals surface area contributed by atoms with Gasteiger partial charge in [0.15, 0.2) is 0 Å². The highest BCUT2D eigenvalue weighted by Gasteiger charge is 2.54. The number of amides is 1. The number of thioether (sulfide) groups is 1. The number of rotatable bonds is 8. The zero-order chi connectivity index (χ0) is 26.7. The molecule has 1 N–H and O–H groups in total. The number of hydrogen-bond donors (Lipinski definition) is 1. The normalized spacial score (nSPS) is 26.5. The lowest BCUT2D eigenvalue weighted by atomic mass is 9.55. The van der Waals surface area contributed by atoms with Crippen molar-refractivity contribution in [2.24, 2.45) is 17.3 Å². The number of hydrogen-bond acceptors (Lipinski definition) is 6. The first kappa shape index (κ1) is 26.8. The van der Waals surface area contributed by atoms with E-state index in [1.165, 1.54) is 11.1 Å². The average molecular weight is 536 g/mol. The van der Waals surface area contributed by atoms with Crippen molar-refractivity contribution in [3.8, 4) is 5.75 Å². The molecule has 5 rings (SSSR count). The van der Waals surface area contributed by atoms with Crippen molar-refractivity contribution in [1.29, 1.82) is 0 Å². The van der Waals surface area contributed by atoms with Crippen LogP contribution in [0.2, 0.25) is 0 Å². The third-order valence-electron chi connectivity index (χ3n) is 9.03. The van der Waals surface area contributed by atoms with Gasteiger partial charge in [0.1, 0.15) is 24.2 Å². The van der Waals surface area contributed by atoms with Crippen molar-refractivity contribution >= 4 is 29.6 Å². The lowest BCUT2D eigenvalue weighted by molar-refractivity contribution is -0.136. The highest BCUT2D eigenvalue weighted by atomic mass is 32.2.